The Hall–Kier alpha value is -1.13. The quantitative estimate of drug-likeness (QED) is 0.307. The van der Waals surface area contributed by atoms with Gasteiger partial charge in [0.2, 0.25) is 0 Å². The molecule has 0 aromatic carbocycles. The average Bonchev–Trinajstić information content (AvgIpc) is 3.03. The molecule has 0 aromatic rings. The molecule has 2 saturated carbocycles. The monoisotopic (exact) mass is 420 g/mol. The topological polar surface area (TPSA) is 77.8 Å². The molecule has 0 spiro atoms. The van der Waals surface area contributed by atoms with Gasteiger partial charge < -0.3 is 15.3 Å². The first kappa shape index (κ1) is 25.1. The highest BCUT2D eigenvalue weighted by atomic mass is 16.4. The van der Waals surface area contributed by atoms with E-state index < -0.39 is 5.97 Å². The summed E-state index contributed by atoms with van der Waals surface area (Å²) in [6.45, 7) is 4.34. The smallest absolute Gasteiger partial charge is 0.303 e. The normalized spacial score (nSPS) is 28.1. The molecule has 0 aromatic heterocycles. The Morgan fingerprint density at radius 1 is 1.13 bits per heavy atom. The number of carbonyl (C=O) groups is 1. The van der Waals surface area contributed by atoms with E-state index in [0.29, 0.717) is 18.3 Å². The number of rotatable bonds is 14. The maximum Gasteiger partial charge on any atom is 0.303 e. The Kier molecular flexibility index (Phi) is 10.6. The van der Waals surface area contributed by atoms with Crippen molar-refractivity contribution in [2.45, 2.75) is 110 Å². The van der Waals surface area contributed by atoms with Gasteiger partial charge in [0.15, 0.2) is 0 Å². The molecular formula is C26H44O4. The van der Waals surface area contributed by atoms with Crippen LogP contribution in [0.15, 0.2) is 24.3 Å². The average molecular weight is 421 g/mol. The molecule has 2 fully saturated rings. The van der Waals surface area contributed by atoms with Gasteiger partial charge >= 0.3 is 5.97 Å². The molecule has 2 aliphatic rings. The lowest BCUT2D eigenvalue weighted by Crippen LogP contribution is -2.40. The van der Waals surface area contributed by atoms with Gasteiger partial charge in [0.25, 0.3) is 0 Å². The molecule has 2 rings (SSSR count). The van der Waals surface area contributed by atoms with Crippen LogP contribution in [0.5, 0.6) is 0 Å². The van der Waals surface area contributed by atoms with Gasteiger partial charge in [-0.15, -0.1) is 0 Å². The van der Waals surface area contributed by atoms with Gasteiger partial charge in [0, 0.05) is 6.42 Å². The summed E-state index contributed by atoms with van der Waals surface area (Å²) >= 11 is 0. The molecule has 0 aliphatic heterocycles. The zero-order valence-electron chi connectivity index (χ0n) is 19.1. The third-order valence-corrected chi connectivity index (χ3v) is 7.59. The minimum Gasteiger partial charge on any atom is -0.481 e. The number of unbranched alkanes of at least 4 members (excludes halogenated alkanes) is 1. The summed E-state index contributed by atoms with van der Waals surface area (Å²) < 4.78 is 0. The van der Waals surface area contributed by atoms with E-state index in [9.17, 15) is 15.0 Å². The van der Waals surface area contributed by atoms with Crippen LogP contribution in [0.25, 0.3) is 0 Å². The highest BCUT2D eigenvalue weighted by Crippen LogP contribution is 2.48. The molecular weight excluding hydrogens is 376 g/mol. The Labute approximate surface area is 183 Å². The molecule has 4 heteroatoms. The van der Waals surface area contributed by atoms with E-state index in [4.69, 9.17) is 5.11 Å². The van der Waals surface area contributed by atoms with Crippen LogP contribution in [0.3, 0.4) is 0 Å². The maximum absolute atomic E-state index is 10.9. The van der Waals surface area contributed by atoms with Crippen molar-refractivity contribution < 1.29 is 20.1 Å². The number of allylic oxidation sites excluding steroid dienone is 3. The fraction of sp³-hybridized carbons (Fsp3) is 0.808. The third kappa shape index (κ3) is 7.23. The first-order chi connectivity index (χ1) is 14.4. The van der Waals surface area contributed by atoms with Crippen LogP contribution in [0.2, 0.25) is 0 Å². The van der Waals surface area contributed by atoms with Crippen molar-refractivity contribution in [2.75, 3.05) is 0 Å². The lowest BCUT2D eigenvalue weighted by atomic mass is 9.62. The van der Waals surface area contributed by atoms with E-state index in [-0.39, 0.29) is 30.0 Å². The summed E-state index contributed by atoms with van der Waals surface area (Å²) in [6.07, 6.45) is 20.4. The molecule has 4 nitrogen and oxygen atoms in total. The van der Waals surface area contributed by atoms with Gasteiger partial charge in [0.05, 0.1) is 12.2 Å². The fourth-order valence-electron chi connectivity index (χ4n) is 5.40. The Morgan fingerprint density at radius 3 is 2.50 bits per heavy atom. The van der Waals surface area contributed by atoms with E-state index in [1.165, 1.54) is 19.3 Å². The second-order valence-corrected chi connectivity index (χ2v) is 9.77. The van der Waals surface area contributed by atoms with Crippen molar-refractivity contribution >= 4 is 5.97 Å². The van der Waals surface area contributed by atoms with Gasteiger partial charge in [-0.05, 0) is 74.5 Å². The molecule has 30 heavy (non-hydrogen) atoms. The number of hydrogen-bond donors (Lipinski definition) is 3. The molecule has 0 amide bonds. The summed E-state index contributed by atoms with van der Waals surface area (Å²) in [7, 11) is 0. The highest BCUT2D eigenvalue weighted by molar-refractivity contribution is 5.66. The molecule has 5 atom stereocenters. The lowest BCUT2D eigenvalue weighted by molar-refractivity contribution is -0.137. The molecule has 0 radical (unpaired) electrons. The summed E-state index contributed by atoms with van der Waals surface area (Å²) in [5, 5.41) is 30.3. The van der Waals surface area contributed by atoms with Crippen molar-refractivity contribution in [3.8, 4) is 0 Å². The first-order valence-electron chi connectivity index (χ1n) is 12.3. The second kappa shape index (κ2) is 12.7. The predicted molar refractivity (Wildman–Crippen MR) is 122 cm³/mol. The van der Waals surface area contributed by atoms with Gasteiger partial charge in [-0.1, -0.05) is 63.8 Å². The first-order valence-corrected chi connectivity index (χ1v) is 12.3. The van der Waals surface area contributed by atoms with Crippen LogP contribution < -0.4 is 0 Å². The van der Waals surface area contributed by atoms with Crippen LogP contribution in [0.1, 0.15) is 97.3 Å². The largest absolute Gasteiger partial charge is 0.481 e. The van der Waals surface area contributed by atoms with Crippen LogP contribution in [-0.2, 0) is 4.79 Å². The molecule has 172 valence electrons. The summed E-state index contributed by atoms with van der Waals surface area (Å²) in [5.74, 6) is 0.0748. The van der Waals surface area contributed by atoms with Gasteiger partial charge in [-0.25, -0.2) is 0 Å². The molecule has 0 bridgehead atoms. The number of carboxylic acids is 1. The van der Waals surface area contributed by atoms with Crippen LogP contribution in [0, 0.1) is 23.2 Å². The second-order valence-electron chi connectivity index (χ2n) is 9.77. The van der Waals surface area contributed by atoms with Crippen LogP contribution in [-0.4, -0.2) is 33.5 Å². The number of aliphatic hydroxyl groups excluding tert-OH is 2. The van der Waals surface area contributed by atoms with Gasteiger partial charge in [-0.2, -0.15) is 0 Å². The summed E-state index contributed by atoms with van der Waals surface area (Å²) in [4.78, 5) is 10.9. The number of hydrogen-bond acceptors (Lipinski definition) is 3. The van der Waals surface area contributed by atoms with Crippen molar-refractivity contribution in [1.29, 1.82) is 0 Å². The minimum absolute atomic E-state index is 0.0939. The minimum atomic E-state index is -0.734. The summed E-state index contributed by atoms with van der Waals surface area (Å²) in [6, 6.07) is 0. The third-order valence-electron chi connectivity index (χ3n) is 7.59. The fourth-order valence-corrected chi connectivity index (χ4v) is 5.40. The van der Waals surface area contributed by atoms with Crippen molar-refractivity contribution in [1.82, 2.24) is 0 Å². The Balaban J connectivity index is 1.91. The van der Waals surface area contributed by atoms with Gasteiger partial charge in [-0.3, -0.25) is 4.79 Å². The van der Waals surface area contributed by atoms with E-state index in [0.717, 1.165) is 51.4 Å². The zero-order valence-corrected chi connectivity index (χ0v) is 19.1. The maximum atomic E-state index is 10.9. The van der Waals surface area contributed by atoms with Crippen molar-refractivity contribution in [3.05, 3.63) is 24.3 Å². The van der Waals surface area contributed by atoms with Gasteiger partial charge in [0.1, 0.15) is 0 Å². The highest BCUT2D eigenvalue weighted by Gasteiger charge is 2.42. The Bertz CT molecular complexity index is 563. The lowest BCUT2D eigenvalue weighted by Gasteiger charge is -2.45. The SMILES string of the molecule is CCCCC1(C(O)C=C[C@H]2CC[C@H](O)[C@@H]2CC=CC(CCC)CCC(=O)O)CCC1. The Morgan fingerprint density at radius 2 is 1.90 bits per heavy atom. The number of carboxylic acid groups (broad SMARTS) is 1. The van der Waals surface area contributed by atoms with Crippen molar-refractivity contribution in [2.24, 2.45) is 23.2 Å². The van der Waals surface area contributed by atoms with E-state index in [1.807, 2.05) is 6.08 Å². The predicted octanol–water partition coefficient (Wildman–Crippen LogP) is 5.88. The van der Waals surface area contributed by atoms with E-state index in [2.05, 4.69) is 32.1 Å². The zero-order chi connectivity index (χ0) is 22.0. The molecule has 3 N–H and O–H groups in total. The van der Waals surface area contributed by atoms with Crippen LogP contribution in [0.4, 0.5) is 0 Å². The van der Waals surface area contributed by atoms with E-state index >= 15 is 0 Å². The van der Waals surface area contributed by atoms with Crippen LogP contribution >= 0.6 is 0 Å². The van der Waals surface area contributed by atoms with E-state index in [1.54, 1.807) is 0 Å². The molecule has 2 aliphatic carbocycles. The number of aliphatic carboxylic acids is 1. The molecule has 0 saturated heterocycles. The summed E-state index contributed by atoms with van der Waals surface area (Å²) in [5.41, 5.74) is 0.0939. The molecule has 0 heterocycles. The standard InChI is InChI=1S/C26H44O4/c1-3-5-17-26(18-7-19-26)24(28)15-13-21-12-14-23(27)22(21)10-6-9-20(8-4-2)11-16-25(29)30/h6,9,13,15,20-24,27-28H,3-5,7-8,10-12,14,16-19H2,1-2H3,(H,29,30)/t20?,21-,22-,23+,24?/m1/s1. The molecule has 2 unspecified atom stereocenters. The van der Waals surface area contributed by atoms with Crippen molar-refractivity contribution in [3.63, 3.8) is 0 Å². The number of aliphatic hydroxyl groups is 2.